The average Bonchev–Trinajstić information content (AvgIpc) is 2.79. The standard InChI is InChI=1S/C14H16N2O4/c1-16(2)8-11-12(14(17)18)13(15-20-11)19-9-10-6-4-3-5-7-10/h3-7H,8-9H2,1-2H3,(H,17,18). The molecule has 20 heavy (non-hydrogen) atoms. The van der Waals surface area contributed by atoms with E-state index in [2.05, 4.69) is 5.16 Å². The lowest BCUT2D eigenvalue weighted by Gasteiger charge is -2.07. The molecule has 1 aromatic carbocycles. The number of aromatic carboxylic acids is 1. The summed E-state index contributed by atoms with van der Waals surface area (Å²) in [5, 5.41) is 12.9. The molecule has 0 spiro atoms. The molecule has 6 nitrogen and oxygen atoms in total. The number of nitrogens with zero attached hydrogens (tertiary/aromatic N) is 2. The van der Waals surface area contributed by atoms with Crippen molar-refractivity contribution in [1.82, 2.24) is 10.1 Å². The third-order valence-corrected chi connectivity index (χ3v) is 2.62. The van der Waals surface area contributed by atoms with Gasteiger partial charge in [0.25, 0.3) is 5.88 Å². The van der Waals surface area contributed by atoms with Crippen molar-refractivity contribution in [2.24, 2.45) is 0 Å². The zero-order valence-electron chi connectivity index (χ0n) is 11.4. The van der Waals surface area contributed by atoms with E-state index in [1.165, 1.54) is 0 Å². The topological polar surface area (TPSA) is 75.8 Å². The minimum Gasteiger partial charge on any atom is -0.477 e. The predicted octanol–water partition coefficient (Wildman–Crippen LogP) is 2.01. The van der Waals surface area contributed by atoms with Crippen LogP contribution < -0.4 is 4.74 Å². The minimum absolute atomic E-state index is 0.0122. The van der Waals surface area contributed by atoms with Crippen molar-refractivity contribution in [3.8, 4) is 5.88 Å². The molecule has 0 amide bonds. The number of carbonyl (C=O) groups is 1. The van der Waals surface area contributed by atoms with Crippen LogP contribution in [0.1, 0.15) is 21.7 Å². The van der Waals surface area contributed by atoms with E-state index in [1.807, 2.05) is 44.4 Å². The quantitative estimate of drug-likeness (QED) is 0.869. The first kappa shape index (κ1) is 14.1. The number of rotatable bonds is 6. The summed E-state index contributed by atoms with van der Waals surface area (Å²) in [6.45, 7) is 0.596. The molecule has 1 heterocycles. The van der Waals surface area contributed by atoms with Crippen LogP contribution in [0.4, 0.5) is 0 Å². The molecule has 6 heteroatoms. The number of carboxylic acid groups (broad SMARTS) is 1. The molecule has 0 radical (unpaired) electrons. The lowest BCUT2D eigenvalue weighted by molar-refractivity contribution is 0.0689. The molecule has 0 saturated heterocycles. The van der Waals surface area contributed by atoms with E-state index in [4.69, 9.17) is 9.26 Å². The van der Waals surface area contributed by atoms with Gasteiger partial charge in [0.2, 0.25) is 0 Å². The molecule has 106 valence electrons. The van der Waals surface area contributed by atoms with Crippen LogP contribution >= 0.6 is 0 Å². The van der Waals surface area contributed by atoms with Gasteiger partial charge in [-0.25, -0.2) is 4.79 Å². The van der Waals surface area contributed by atoms with Gasteiger partial charge in [-0.1, -0.05) is 30.3 Å². The first-order valence-corrected chi connectivity index (χ1v) is 6.11. The average molecular weight is 276 g/mol. The molecular formula is C14H16N2O4. The van der Waals surface area contributed by atoms with Gasteiger partial charge in [-0.15, -0.1) is 0 Å². The highest BCUT2D eigenvalue weighted by Gasteiger charge is 2.24. The highest BCUT2D eigenvalue weighted by atomic mass is 16.5. The summed E-state index contributed by atoms with van der Waals surface area (Å²) in [6.07, 6.45) is 0. The second kappa shape index (κ2) is 6.21. The van der Waals surface area contributed by atoms with Gasteiger partial charge in [-0.2, -0.15) is 0 Å². The van der Waals surface area contributed by atoms with Crippen LogP contribution in [-0.2, 0) is 13.2 Å². The van der Waals surface area contributed by atoms with Crippen molar-refractivity contribution in [2.75, 3.05) is 14.1 Å². The number of hydrogen-bond donors (Lipinski definition) is 1. The highest BCUT2D eigenvalue weighted by molar-refractivity contribution is 5.91. The highest BCUT2D eigenvalue weighted by Crippen LogP contribution is 2.23. The zero-order valence-corrected chi connectivity index (χ0v) is 11.4. The fraction of sp³-hybridized carbons (Fsp3) is 0.286. The Hall–Kier alpha value is -2.34. The second-order valence-corrected chi connectivity index (χ2v) is 4.60. The molecule has 0 aliphatic heterocycles. The molecular weight excluding hydrogens is 260 g/mol. The molecule has 0 atom stereocenters. The molecule has 0 aliphatic carbocycles. The van der Waals surface area contributed by atoms with Crippen molar-refractivity contribution < 1.29 is 19.2 Å². The molecule has 0 aliphatic rings. The van der Waals surface area contributed by atoms with Crippen LogP contribution in [0.2, 0.25) is 0 Å². The largest absolute Gasteiger partial charge is 0.477 e. The number of benzene rings is 1. The van der Waals surface area contributed by atoms with Gasteiger partial charge in [-0.3, -0.25) is 0 Å². The van der Waals surface area contributed by atoms with Gasteiger partial charge in [0, 0.05) is 0 Å². The van der Waals surface area contributed by atoms with E-state index in [0.717, 1.165) is 5.56 Å². The van der Waals surface area contributed by atoms with Gasteiger partial charge < -0.3 is 19.3 Å². The Morgan fingerprint density at radius 3 is 2.65 bits per heavy atom. The predicted molar refractivity (Wildman–Crippen MR) is 71.6 cm³/mol. The van der Waals surface area contributed by atoms with E-state index in [-0.39, 0.29) is 23.8 Å². The maximum atomic E-state index is 11.3. The van der Waals surface area contributed by atoms with E-state index in [1.54, 1.807) is 4.90 Å². The maximum Gasteiger partial charge on any atom is 0.345 e. The van der Waals surface area contributed by atoms with Crippen LogP contribution in [0, 0.1) is 0 Å². The Balaban J connectivity index is 2.15. The summed E-state index contributed by atoms with van der Waals surface area (Å²) in [4.78, 5) is 13.1. The number of ether oxygens (including phenoxy) is 1. The van der Waals surface area contributed by atoms with Gasteiger partial charge in [0.15, 0.2) is 11.3 Å². The number of hydrogen-bond acceptors (Lipinski definition) is 5. The third-order valence-electron chi connectivity index (χ3n) is 2.62. The van der Waals surface area contributed by atoms with Crippen molar-refractivity contribution >= 4 is 5.97 Å². The van der Waals surface area contributed by atoms with Crippen molar-refractivity contribution in [2.45, 2.75) is 13.2 Å². The lowest BCUT2D eigenvalue weighted by atomic mass is 10.2. The lowest BCUT2D eigenvalue weighted by Crippen LogP contribution is -2.13. The van der Waals surface area contributed by atoms with Gasteiger partial charge in [0.1, 0.15) is 6.61 Å². The number of carboxylic acids is 1. The summed E-state index contributed by atoms with van der Waals surface area (Å²) in [5.41, 5.74) is 0.913. The Kier molecular flexibility index (Phi) is 4.37. The fourth-order valence-electron chi connectivity index (χ4n) is 1.74. The molecule has 0 fully saturated rings. The van der Waals surface area contributed by atoms with Crippen molar-refractivity contribution in [3.63, 3.8) is 0 Å². The molecule has 2 aromatic rings. The first-order chi connectivity index (χ1) is 9.58. The smallest absolute Gasteiger partial charge is 0.345 e. The first-order valence-electron chi connectivity index (χ1n) is 6.11. The zero-order chi connectivity index (χ0) is 14.5. The van der Waals surface area contributed by atoms with E-state index in [0.29, 0.717) is 6.54 Å². The third kappa shape index (κ3) is 3.36. The van der Waals surface area contributed by atoms with E-state index >= 15 is 0 Å². The second-order valence-electron chi connectivity index (χ2n) is 4.60. The Bertz CT molecular complexity index is 578. The van der Waals surface area contributed by atoms with Crippen LogP contribution in [0.5, 0.6) is 5.88 Å². The molecule has 0 bridgehead atoms. The van der Waals surface area contributed by atoms with Gasteiger partial charge >= 0.3 is 5.97 Å². The SMILES string of the molecule is CN(C)Cc1onc(OCc2ccccc2)c1C(=O)O. The monoisotopic (exact) mass is 276 g/mol. The summed E-state index contributed by atoms with van der Waals surface area (Å²) in [6, 6.07) is 9.45. The molecule has 0 saturated carbocycles. The molecule has 1 N–H and O–H groups in total. The summed E-state index contributed by atoms with van der Waals surface area (Å²) < 4.78 is 10.5. The molecule has 0 unspecified atom stereocenters. The van der Waals surface area contributed by atoms with Gasteiger partial charge in [-0.05, 0) is 24.8 Å². The Labute approximate surface area is 116 Å². The normalized spacial score (nSPS) is 10.8. The summed E-state index contributed by atoms with van der Waals surface area (Å²) >= 11 is 0. The maximum absolute atomic E-state index is 11.3. The molecule has 2 rings (SSSR count). The van der Waals surface area contributed by atoms with E-state index in [9.17, 15) is 9.90 Å². The minimum atomic E-state index is -1.11. The summed E-state index contributed by atoms with van der Waals surface area (Å²) in [7, 11) is 3.64. The Morgan fingerprint density at radius 1 is 1.35 bits per heavy atom. The van der Waals surface area contributed by atoms with Crippen LogP contribution in [0.25, 0.3) is 0 Å². The van der Waals surface area contributed by atoms with Crippen molar-refractivity contribution in [1.29, 1.82) is 0 Å². The van der Waals surface area contributed by atoms with Crippen LogP contribution in [0.15, 0.2) is 34.9 Å². The summed E-state index contributed by atoms with van der Waals surface area (Å²) in [5.74, 6) is -0.810. The Morgan fingerprint density at radius 2 is 2.05 bits per heavy atom. The van der Waals surface area contributed by atoms with Gasteiger partial charge in [0.05, 0.1) is 6.54 Å². The fourth-order valence-corrected chi connectivity index (χ4v) is 1.74. The van der Waals surface area contributed by atoms with Crippen molar-refractivity contribution in [3.05, 3.63) is 47.2 Å². The van der Waals surface area contributed by atoms with Crippen LogP contribution in [-0.4, -0.2) is 35.2 Å². The van der Waals surface area contributed by atoms with E-state index < -0.39 is 5.97 Å². The molecule has 1 aromatic heterocycles. The van der Waals surface area contributed by atoms with Crippen LogP contribution in [0.3, 0.4) is 0 Å². The number of aromatic nitrogens is 1.